The molecule has 2 amide bonds. The van der Waals surface area contributed by atoms with Gasteiger partial charge in [-0.1, -0.05) is 59.9 Å². The zero-order chi connectivity index (χ0) is 22.2. The molecule has 4 aromatic rings. The van der Waals surface area contributed by atoms with Gasteiger partial charge in [0.25, 0.3) is 0 Å². The first-order valence-electron chi connectivity index (χ1n) is 10.1. The Morgan fingerprint density at radius 1 is 0.938 bits per heavy atom. The van der Waals surface area contributed by atoms with Gasteiger partial charge in [0.1, 0.15) is 5.75 Å². The Balaban J connectivity index is 1.39. The lowest BCUT2D eigenvalue weighted by Crippen LogP contribution is -2.19. The van der Waals surface area contributed by atoms with Crippen molar-refractivity contribution in [1.82, 2.24) is 10.2 Å². The van der Waals surface area contributed by atoms with E-state index in [1.54, 1.807) is 23.9 Å². The number of hydrogen-bond acceptors (Lipinski definition) is 6. The van der Waals surface area contributed by atoms with E-state index in [0.717, 1.165) is 27.0 Å². The summed E-state index contributed by atoms with van der Waals surface area (Å²) < 4.78 is 5.41. The number of nitrogens with zero attached hydrogens (tertiary/aromatic N) is 2. The van der Waals surface area contributed by atoms with Crippen LogP contribution in [0, 0.1) is 0 Å². The second-order valence-electron chi connectivity index (χ2n) is 6.72. The van der Waals surface area contributed by atoms with Crippen LogP contribution in [0.2, 0.25) is 0 Å². The summed E-state index contributed by atoms with van der Waals surface area (Å²) in [4.78, 5) is 13.5. The third kappa shape index (κ3) is 5.87. The zero-order valence-electron chi connectivity index (χ0n) is 17.4. The van der Waals surface area contributed by atoms with Gasteiger partial charge in [-0.15, -0.1) is 22.0 Å². The fraction of sp³-hybridized carbons (Fsp3) is 0.125. The smallest absolute Gasteiger partial charge is 0.325 e. The first kappa shape index (κ1) is 21.9. The van der Waals surface area contributed by atoms with Crippen molar-refractivity contribution >= 4 is 39.9 Å². The number of benzene rings is 3. The normalized spacial score (nSPS) is 10.5. The SMILES string of the molecule is CCOc1ccc(NC(=O)Nc2nnc(-c3ccccc3SCc3ccccc3)s2)cc1. The standard InChI is InChI=1S/C24H22N4O2S2/c1-2-30-19-14-12-18(13-15-19)25-23(29)26-24-28-27-22(32-24)20-10-6-7-11-21(20)31-16-17-8-4-3-5-9-17/h3-15H,2,16H2,1H3,(H2,25,26,28,29). The molecule has 0 saturated carbocycles. The van der Waals surface area contributed by atoms with Crippen LogP contribution in [0.3, 0.4) is 0 Å². The van der Waals surface area contributed by atoms with Gasteiger partial charge in [0.2, 0.25) is 5.13 Å². The lowest BCUT2D eigenvalue weighted by molar-refractivity contribution is 0.262. The zero-order valence-corrected chi connectivity index (χ0v) is 19.1. The Morgan fingerprint density at radius 3 is 2.47 bits per heavy atom. The molecule has 162 valence electrons. The molecule has 6 nitrogen and oxygen atoms in total. The van der Waals surface area contributed by atoms with Crippen LogP contribution < -0.4 is 15.4 Å². The summed E-state index contributed by atoms with van der Waals surface area (Å²) in [6, 6.07) is 25.3. The first-order chi connectivity index (χ1) is 15.7. The van der Waals surface area contributed by atoms with Gasteiger partial charge in [-0.25, -0.2) is 4.79 Å². The van der Waals surface area contributed by atoms with Gasteiger partial charge in [-0.3, -0.25) is 5.32 Å². The van der Waals surface area contributed by atoms with Crippen molar-refractivity contribution < 1.29 is 9.53 Å². The Morgan fingerprint density at radius 2 is 1.69 bits per heavy atom. The average Bonchev–Trinajstić information content (AvgIpc) is 3.28. The molecule has 3 aromatic carbocycles. The van der Waals surface area contributed by atoms with Crippen molar-refractivity contribution in [1.29, 1.82) is 0 Å². The Labute approximate surface area is 195 Å². The van der Waals surface area contributed by atoms with E-state index in [1.807, 2.05) is 55.5 Å². The summed E-state index contributed by atoms with van der Waals surface area (Å²) in [5.41, 5.74) is 2.93. The minimum absolute atomic E-state index is 0.372. The maximum atomic E-state index is 12.3. The van der Waals surface area contributed by atoms with Crippen LogP contribution >= 0.6 is 23.1 Å². The maximum Gasteiger partial charge on any atom is 0.325 e. The van der Waals surface area contributed by atoms with E-state index in [4.69, 9.17) is 4.74 Å². The molecule has 0 spiro atoms. The van der Waals surface area contributed by atoms with Gasteiger partial charge >= 0.3 is 6.03 Å². The molecule has 8 heteroatoms. The first-order valence-corrected chi connectivity index (χ1v) is 11.9. The number of rotatable bonds is 8. The molecule has 32 heavy (non-hydrogen) atoms. The van der Waals surface area contributed by atoms with Gasteiger partial charge < -0.3 is 10.1 Å². The van der Waals surface area contributed by atoms with Crippen LogP contribution in [0.4, 0.5) is 15.6 Å². The third-order valence-corrected chi connectivity index (χ3v) is 6.44. The van der Waals surface area contributed by atoms with Gasteiger partial charge in [-0.2, -0.15) is 0 Å². The second kappa shape index (κ2) is 10.8. The van der Waals surface area contributed by atoms with Gasteiger partial charge in [0.05, 0.1) is 6.61 Å². The molecule has 1 aromatic heterocycles. The van der Waals surface area contributed by atoms with E-state index in [9.17, 15) is 4.79 Å². The molecule has 0 radical (unpaired) electrons. The van der Waals surface area contributed by atoms with Crippen molar-refractivity contribution in [3.63, 3.8) is 0 Å². The Kier molecular flexibility index (Phi) is 7.37. The number of hydrogen-bond donors (Lipinski definition) is 2. The monoisotopic (exact) mass is 462 g/mol. The number of urea groups is 1. The summed E-state index contributed by atoms with van der Waals surface area (Å²) in [6.45, 7) is 2.52. The van der Waals surface area contributed by atoms with Crippen molar-refractivity contribution in [2.75, 3.05) is 17.2 Å². The topological polar surface area (TPSA) is 76.1 Å². The molecule has 0 unspecified atom stereocenters. The summed E-state index contributed by atoms with van der Waals surface area (Å²) in [6.07, 6.45) is 0. The molecular weight excluding hydrogens is 440 g/mol. The van der Waals surface area contributed by atoms with Crippen LogP contribution in [-0.4, -0.2) is 22.8 Å². The van der Waals surface area contributed by atoms with E-state index >= 15 is 0 Å². The highest BCUT2D eigenvalue weighted by molar-refractivity contribution is 7.98. The highest BCUT2D eigenvalue weighted by Crippen LogP contribution is 2.35. The van der Waals surface area contributed by atoms with Crippen LogP contribution in [0.15, 0.2) is 83.8 Å². The molecule has 0 fully saturated rings. The van der Waals surface area contributed by atoms with Crippen molar-refractivity contribution in [3.8, 4) is 16.3 Å². The minimum Gasteiger partial charge on any atom is -0.494 e. The Hall–Kier alpha value is -3.36. The lowest BCUT2D eigenvalue weighted by Gasteiger charge is -2.07. The molecular formula is C24H22N4O2S2. The van der Waals surface area contributed by atoms with Crippen LogP contribution in [0.5, 0.6) is 5.75 Å². The average molecular weight is 463 g/mol. The fourth-order valence-corrected chi connectivity index (χ4v) is 4.80. The second-order valence-corrected chi connectivity index (χ2v) is 8.71. The molecule has 0 atom stereocenters. The number of ether oxygens (including phenoxy) is 1. The van der Waals surface area contributed by atoms with Crippen molar-refractivity contribution in [2.24, 2.45) is 0 Å². The predicted octanol–water partition coefficient (Wildman–Crippen LogP) is 6.54. The fourth-order valence-electron chi connectivity index (χ4n) is 2.95. The quantitative estimate of drug-likeness (QED) is 0.291. The molecule has 4 rings (SSSR count). The number of amides is 2. The van der Waals surface area contributed by atoms with Crippen LogP contribution in [-0.2, 0) is 5.75 Å². The Bertz CT molecular complexity index is 1160. The minimum atomic E-state index is -0.372. The van der Waals surface area contributed by atoms with E-state index < -0.39 is 0 Å². The number of aromatic nitrogens is 2. The van der Waals surface area contributed by atoms with E-state index in [1.165, 1.54) is 16.9 Å². The largest absolute Gasteiger partial charge is 0.494 e. The van der Waals surface area contributed by atoms with Crippen LogP contribution in [0.25, 0.3) is 10.6 Å². The molecule has 0 saturated heterocycles. The predicted molar refractivity (Wildman–Crippen MR) is 132 cm³/mol. The van der Waals surface area contributed by atoms with Gasteiger partial charge in [-0.05, 0) is 42.8 Å². The van der Waals surface area contributed by atoms with Crippen LogP contribution in [0.1, 0.15) is 12.5 Å². The molecule has 0 aliphatic rings. The van der Waals surface area contributed by atoms with E-state index in [0.29, 0.717) is 17.4 Å². The number of carbonyl (C=O) groups excluding carboxylic acids is 1. The maximum absolute atomic E-state index is 12.3. The van der Waals surface area contributed by atoms with Gasteiger partial charge in [0.15, 0.2) is 5.01 Å². The third-order valence-electron chi connectivity index (χ3n) is 4.42. The van der Waals surface area contributed by atoms with Crippen molar-refractivity contribution in [3.05, 3.63) is 84.4 Å². The molecule has 0 aliphatic carbocycles. The number of carbonyl (C=O) groups is 1. The highest BCUT2D eigenvalue weighted by atomic mass is 32.2. The molecule has 2 N–H and O–H groups in total. The molecule has 0 bridgehead atoms. The number of nitrogens with one attached hydrogen (secondary N) is 2. The van der Waals surface area contributed by atoms with E-state index in [2.05, 4.69) is 39.0 Å². The molecule has 1 heterocycles. The van der Waals surface area contributed by atoms with Crippen molar-refractivity contribution in [2.45, 2.75) is 17.6 Å². The van der Waals surface area contributed by atoms with E-state index in [-0.39, 0.29) is 6.03 Å². The summed E-state index contributed by atoms with van der Waals surface area (Å²) >= 11 is 3.10. The summed E-state index contributed by atoms with van der Waals surface area (Å²) in [5, 5.41) is 15.2. The summed E-state index contributed by atoms with van der Waals surface area (Å²) in [7, 11) is 0. The summed E-state index contributed by atoms with van der Waals surface area (Å²) in [5.74, 6) is 1.63. The lowest BCUT2D eigenvalue weighted by atomic mass is 10.2. The number of anilines is 2. The highest BCUT2D eigenvalue weighted by Gasteiger charge is 2.13. The molecule has 0 aliphatic heterocycles. The van der Waals surface area contributed by atoms with Gasteiger partial charge in [0, 0.05) is 21.9 Å². The number of thioether (sulfide) groups is 1.